The van der Waals surface area contributed by atoms with E-state index in [4.69, 9.17) is 9.47 Å². The molecule has 122 valence electrons. The van der Waals surface area contributed by atoms with Crippen LogP contribution in [0.15, 0.2) is 41.8 Å². The van der Waals surface area contributed by atoms with Gasteiger partial charge in [0.1, 0.15) is 11.0 Å². The Bertz CT molecular complexity index is 769. The van der Waals surface area contributed by atoms with Crippen molar-refractivity contribution in [1.82, 2.24) is 19.3 Å². The molecule has 0 amide bonds. The van der Waals surface area contributed by atoms with Gasteiger partial charge in [-0.25, -0.2) is 8.42 Å². The van der Waals surface area contributed by atoms with Crippen LogP contribution in [0.1, 0.15) is 6.42 Å². The summed E-state index contributed by atoms with van der Waals surface area (Å²) in [6.45, 7) is 0.648. The maximum atomic E-state index is 12.5. The highest BCUT2D eigenvalue weighted by atomic mass is 32.2. The third-order valence-electron chi connectivity index (χ3n) is 3.47. The van der Waals surface area contributed by atoms with Crippen molar-refractivity contribution in [1.29, 1.82) is 0 Å². The van der Waals surface area contributed by atoms with Crippen LogP contribution in [-0.4, -0.2) is 54.0 Å². The van der Waals surface area contributed by atoms with Crippen molar-refractivity contribution in [2.45, 2.75) is 17.4 Å². The van der Waals surface area contributed by atoms with Crippen molar-refractivity contribution in [3.05, 3.63) is 36.9 Å². The van der Waals surface area contributed by atoms with Crippen molar-refractivity contribution in [3.8, 4) is 11.8 Å². The van der Waals surface area contributed by atoms with Crippen LogP contribution in [-0.2, 0) is 10.0 Å². The number of hydrogen-bond acceptors (Lipinski definition) is 7. The first-order valence-corrected chi connectivity index (χ1v) is 8.46. The van der Waals surface area contributed by atoms with Crippen molar-refractivity contribution in [2.75, 3.05) is 20.2 Å². The molecule has 0 radical (unpaired) electrons. The van der Waals surface area contributed by atoms with Crippen molar-refractivity contribution >= 4 is 10.0 Å². The van der Waals surface area contributed by atoms with Gasteiger partial charge in [0.15, 0.2) is 0 Å². The Morgan fingerprint density at radius 1 is 1.22 bits per heavy atom. The molecular weight excluding hydrogens is 320 g/mol. The summed E-state index contributed by atoms with van der Waals surface area (Å²) in [5.41, 5.74) is 0. The third kappa shape index (κ3) is 3.40. The Balaban J connectivity index is 1.69. The van der Waals surface area contributed by atoms with Crippen molar-refractivity contribution < 1.29 is 17.9 Å². The molecule has 23 heavy (non-hydrogen) atoms. The standard InChI is InChI=1S/C14H16N4O4S/c1-21-13-8-16-9-14(17-13)22-11-4-6-18(10-11)23(19,20)12-3-2-5-15-7-12/h2-3,5,7-9,11H,4,6,10H2,1H3. The molecule has 1 fully saturated rings. The molecule has 2 aromatic rings. The number of ether oxygens (including phenoxy) is 2. The number of rotatable bonds is 5. The van der Waals surface area contributed by atoms with Gasteiger partial charge in [-0.3, -0.25) is 9.97 Å². The van der Waals surface area contributed by atoms with Gasteiger partial charge >= 0.3 is 0 Å². The molecule has 3 heterocycles. The average molecular weight is 336 g/mol. The first-order chi connectivity index (χ1) is 11.1. The van der Waals surface area contributed by atoms with E-state index in [0.29, 0.717) is 24.7 Å². The predicted molar refractivity (Wildman–Crippen MR) is 80.6 cm³/mol. The van der Waals surface area contributed by atoms with E-state index in [1.54, 1.807) is 6.07 Å². The van der Waals surface area contributed by atoms with Gasteiger partial charge in [-0.2, -0.15) is 9.29 Å². The SMILES string of the molecule is COc1cncc(OC2CCN(S(=O)(=O)c3cccnc3)C2)n1. The van der Waals surface area contributed by atoms with Crippen molar-refractivity contribution in [2.24, 2.45) is 0 Å². The molecule has 2 aromatic heterocycles. The van der Waals surface area contributed by atoms with Gasteiger partial charge < -0.3 is 9.47 Å². The predicted octanol–water partition coefficient (Wildman–Crippen LogP) is 0.722. The van der Waals surface area contributed by atoms with Crippen LogP contribution in [0.2, 0.25) is 0 Å². The molecule has 1 saturated heterocycles. The Morgan fingerprint density at radius 2 is 2.04 bits per heavy atom. The molecule has 8 nitrogen and oxygen atoms in total. The average Bonchev–Trinajstić information content (AvgIpc) is 3.05. The Hall–Kier alpha value is -2.26. The first-order valence-electron chi connectivity index (χ1n) is 7.02. The normalized spacial score (nSPS) is 18.7. The van der Waals surface area contributed by atoms with Crippen LogP contribution in [0.4, 0.5) is 0 Å². The molecule has 0 aliphatic carbocycles. The number of nitrogens with zero attached hydrogens (tertiary/aromatic N) is 4. The third-order valence-corrected chi connectivity index (χ3v) is 5.32. The number of hydrogen-bond donors (Lipinski definition) is 0. The smallest absolute Gasteiger partial charge is 0.244 e. The molecule has 0 aromatic carbocycles. The zero-order valence-electron chi connectivity index (χ0n) is 12.5. The maximum absolute atomic E-state index is 12.5. The second-order valence-electron chi connectivity index (χ2n) is 4.98. The summed E-state index contributed by atoms with van der Waals surface area (Å²) >= 11 is 0. The minimum absolute atomic E-state index is 0.182. The van der Waals surface area contributed by atoms with Gasteiger partial charge in [0.05, 0.1) is 26.0 Å². The van der Waals surface area contributed by atoms with E-state index in [9.17, 15) is 8.42 Å². The van der Waals surface area contributed by atoms with E-state index < -0.39 is 10.0 Å². The fourth-order valence-corrected chi connectivity index (χ4v) is 3.77. The second-order valence-corrected chi connectivity index (χ2v) is 6.92. The monoisotopic (exact) mass is 336 g/mol. The fraction of sp³-hybridized carbons (Fsp3) is 0.357. The molecule has 1 aliphatic rings. The van der Waals surface area contributed by atoms with Crippen LogP contribution >= 0.6 is 0 Å². The molecular formula is C14H16N4O4S. The van der Waals surface area contributed by atoms with Crippen LogP contribution in [0, 0.1) is 0 Å². The highest BCUT2D eigenvalue weighted by molar-refractivity contribution is 7.89. The largest absolute Gasteiger partial charge is 0.480 e. The van der Waals surface area contributed by atoms with E-state index in [2.05, 4.69) is 15.0 Å². The minimum Gasteiger partial charge on any atom is -0.480 e. The molecule has 1 unspecified atom stereocenters. The quantitative estimate of drug-likeness (QED) is 0.794. The molecule has 1 aliphatic heterocycles. The summed E-state index contributed by atoms with van der Waals surface area (Å²) in [5.74, 6) is 0.662. The van der Waals surface area contributed by atoms with E-state index >= 15 is 0 Å². The lowest BCUT2D eigenvalue weighted by molar-refractivity contribution is 0.203. The van der Waals surface area contributed by atoms with Crippen LogP contribution in [0.25, 0.3) is 0 Å². The highest BCUT2D eigenvalue weighted by Gasteiger charge is 2.34. The summed E-state index contributed by atoms with van der Waals surface area (Å²) in [4.78, 5) is 12.1. The van der Waals surface area contributed by atoms with Gasteiger partial charge in [-0.1, -0.05) is 0 Å². The summed E-state index contributed by atoms with van der Waals surface area (Å²) in [5, 5.41) is 0. The maximum Gasteiger partial charge on any atom is 0.244 e. The summed E-state index contributed by atoms with van der Waals surface area (Å²) < 4.78 is 37.1. The summed E-state index contributed by atoms with van der Waals surface area (Å²) in [6.07, 6.45) is 6.13. The zero-order valence-corrected chi connectivity index (χ0v) is 13.3. The molecule has 0 spiro atoms. The first kappa shape index (κ1) is 15.6. The van der Waals surface area contributed by atoms with Crippen LogP contribution < -0.4 is 9.47 Å². The number of sulfonamides is 1. The highest BCUT2D eigenvalue weighted by Crippen LogP contribution is 2.23. The van der Waals surface area contributed by atoms with E-state index in [1.165, 1.54) is 42.3 Å². The van der Waals surface area contributed by atoms with Gasteiger partial charge in [0.2, 0.25) is 21.8 Å². The Morgan fingerprint density at radius 3 is 2.78 bits per heavy atom. The molecule has 1 atom stereocenters. The lowest BCUT2D eigenvalue weighted by atomic mass is 10.3. The van der Waals surface area contributed by atoms with Gasteiger partial charge in [0, 0.05) is 18.9 Å². The van der Waals surface area contributed by atoms with Gasteiger partial charge in [0.25, 0.3) is 0 Å². The summed E-state index contributed by atoms with van der Waals surface area (Å²) in [6, 6.07) is 3.13. The Labute approximate surface area is 134 Å². The van der Waals surface area contributed by atoms with E-state index in [-0.39, 0.29) is 17.5 Å². The van der Waals surface area contributed by atoms with Crippen LogP contribution in [0.3, 0.4) is 0 Å². The number of pyridine rings is 1. The second kappa shape index (κ2) is 6.47. The number of aromatic nitrogens is 3. The van der Waals surface area contributed by atoms with Crippen molar-refractivity contribution in [3.63, 3.8) is 0 Å². The summed E-state index contributed by atoms with van der Waals surface area (Å²) in [7, 11) is -2.05. The number of methoxy groups -OCH3 is 1. The van der Waals surface area contributed by atoms with Gasteiger partial charge in [-0.05, 0) is 18.6 Å². The molecule has 0 N–H and O–H groups in total. The fourth-order valence-electron chi connectivity index (χ4n) is 2.32. The lowest BCUT2D eigenvalue weighted by Crippen LogP contribution is -2.31. The molecule has 9 heteroatoms. The molecule has 3 rings (SSSR count). The molecule has 0 saturated carbocycles. The van der Waals surface area contributed by atoms with E-state index in [1.807, 2.05) is 0 Å². The van der Waals surface area contributed by atoms with Crippen LogP contribution in [0.5, 0.6) is 11.8 Å². The minimum atomic E-state index is -3.55. The Kier molecular flexibility index (Phi) is 4.39. The van der Waals surface area contributed by atoms with E-state index in [0.717, 1.165) is 0 Å². The van der Waals surface area contributed by atoms with Gasteiger partial charge in [-0.15, -0.1) is 0 Å². The lowest BCUT2D eigenvalue weighted by Gasteiger charge is -2.16. The topological polar surface area (TPSA) is 94.5 Å². The molecule has 0 bridgehead atoms. The zero-order chi connectivity index (χ0) is 16.3.